The number of rotatable bonds is 2. The van der Waals surface area contributed by atoms with Gasteiger partial charge in [0.2, 0.25) is 0 Å². The molecule has 1 aliphatic heterocycles. The van der Waals surface area contributed by atoms with E-state index in [1.54, 1.807) is 0 Å². The Morgan fingerprint density at radius 3 is 3.07 bits per heavy atom. The number of nitrogens with one attached hydrogen (secondary N) is 1. The molecule has 2 nitrogen and oxygen atoms in total. The second kappa shape index (κ2) is 4.65. The van der Waals surface area contributed by atoms with E-state index in [9.17, 15) is 0 Å². The van der Waals surface area contributed by atoms with Crippen LogP contribution in [0.2, 0.25) is 0 Å². The standard InChI is InChI=1S/C12H19NO/c1-2-10-7-8-12(14-10)11-6-4-3-5-9-13-11/h7-8,11,13H,2-6,9H2,1H3. The molecule has 1 aromatic rings. The summed E-state index contributed by atoms with van der Waals surface area (Å²) >= 11 is 0. The Bertz CT molecular complexity index is 272. The fourth-order valence-electron chi connectivity index (χ4n) is 2.04. The maximum Gasteiger partial charge on any atom is 0.121 e. The van der Waals surface area contributed by atoms with E-state index >= 15 is 0 Å². The number of hydrogen-bond acceptors (Lipinski definition) is 2. The van der Waals surface area contributed by atoms with E-state index in [4.69, 9.17) is 4.42 Å². The third kappa shape index (κ3) is 2.18. The molecule has 1 N–H and O–H groups in total. The second-order valence-electron chi connectivity index (χ2n) is 4.01. The summed E-state index contributed by atoms with van der Waals surface area (Å²) in [5.41, 5.74) is 0. The molecule has 1 atom stereocenters. The first-order valence-corrected chi connectivity index (χ1v) is 5.72. The minimum Gasteiger partial charge on any atom is -0.464 e. The average molecular weight is 193 g/mol. The number of furan rings is 1. The Morgan fingerprint density at radius 1 is 1.36 bits per heavy atom. The summed E-state index contributed by atoms with van der Waals surface area (Å²) in [6.07, 6.45) is 6.19. The van der Waals surface area contributed by atoms with Gasteiger partial charge >= 0.3 is 0 Å². The maximum absolute atomic E-state index is 5.77. The Labute approximate surface area is 85.7 Å². The third-order valence-electron chi connectivity index (χ3n) is 2.93. The molecule has 14 heavy (non-hydrogen) atoms. The van der Waals surface area contributed by atoms with Gasteiger partial charge in [0.25, 0.3) is 0 Å². The van der Waals surface area contributed by atoms with E-state index in [1.807, 2.05) is 0 Å². The van der Waals surface area contributed by atoms with Crippen LogP contribution in [0.15, 0.2) is 16.5 Å². The summed E-state index contributed by atoms with van der Waals surface area (Å²) in [7, 11) is 0. The molecule has 2 rings (SSSR count). The first kappa shape index (κ1) is 9.78. The highest BCUT2D eigenvalue weighted by molar-refractivity contribution is 5.11. The SMILES string of the molecule is CCc1ccc(C2CCCCCN2)o1. The van der Waals surface area contributed by atoms with Crippen LogP contribution in [0.3, 0.4) is 0 Å². The van der Waals surface area contributed by atoms with Gasteiger partial charge in [-0.25, -0.2) is 0 Å². The van der Waals surface area contributed by atoms with Crippen LogP contribution in [0.4, 0.5) is 0 Å². The summed E-state index contributed by atoms with van der Waals surface area (Å²) in [5, 5.41) is 3.54. The van der Waals surface area contributed by atoms with Crippen molar-refractivity contribution < 1.29 is 4.42 Å². The highest BCUT2D eigenvalue weighted by Crippen LogP contribution is 2.24. The smallest absolute Gasteiger partial charge is 0.121 e. The van der Waals surface area contributed by atoms with Gasteiger partial charge in [-0.3, -0.25) is 0 Å². The molecule has 0 bridgehead atoms. The minimum absolute atomic E-state index is 0.456. The third-order valence-corrected chi connectivity index (χ3v) is 2.93. The van der Waals surface area contributed by atoms with Gasteiger partial charge in [-0.1, -0.05) is 19.8 Å². The van der Waals surface area contributed by atoms with Gasteiger partial charge in [0.15, 0.2) is 0 Å². The van der Waals surface area contributed by atoms with Crippen molar-refractivity contribution >= 4 is 0 Å². The van der Waals surface area contributed by atoms with E-state index in [1.165, 1.54) is 25.7 Å². The Kier molecular flexibility index (Phi) is 3.25. The summed E-state index contributed by atoms with van der Waals surface area (Å²) in [4.78, 5) is 0. The molecule has 0 spiro atoms. The molecule has 2 heteroatoms. The Hall–Kier alpha value is -0.760. The highest BCUT2D eigenvalue weighted by Gasteiger charge is 2.16. The summed E-state index contributed by atoms with van der Waals surface area (Å²) in [5.74, 6) is 2.23. The van der Waals surface area contributed by atoms with Crippen LogP contribution in [0.5, 0.6) is 0 Å². The molecule has 78 valence electrons. The monoisotopic (exact) mass is 193 g/mol. The van der Waals surface area contributed by atoms with E-state index in [-0.39, 0.29) is 0 Å². The van der Waals surface area contributed by atoms with Crippen LogP contribution in [0.1, 0.15) is 50.2 Å². The number of aryl methyl sites for hydroxylation is 1. The van der Waals surface area contributed by atoms with Crippen LogP contribution in [-0.4, -0.2) is 6.54 Å². The van der Waals surface area contributed by atoms with Gasteiger partial charge in [-0.2, -0.15) is 0 Å². The van der Waals surface area contributed by atoms with Gasteiger partial charge in [0.05, 0.1) is 6.04 Å². The molecule has 0 amide bonds. The van der Waals surface area contributed by atoms with Crippen LogP contribution in [0, 0.1) is 0 Å². The molecule has 1 aromatic heterocycles. The van der Waals surface area contributed by atoms with Crippen LogP contribution >= 0.6 is 0 Å². The van der Waals surface area contributed by atoms with Crippen LogP contribution in [0.25, 0.3) is 0 Å². The Balaban J connectivity index is 2.04. The maximum atomic E-state index is 5.77. The molecular weight excluding hydrogens is 174 g/mol. The van der Waals surface area contributed by atoms with E-state index in [2.05, 4.69) is 24.4 Å². The lowest BCUT2D eigenvalue weighted by molar-refractivity contribution is 0.390. The second-order valence-corrected chi connectivity index (χ2v) is 4.01. The lowest BCUT2D eigenvalue weighted by Gasteiger charge is -2.12. The van der Waals surface area contributed by atoms with Crippen molar-refractivity contribution in [2.45, 2.75) is 45.1 Å². The molecule has 0 saturated carbocycles. The Morgan fingerprint density at radius 2 is 2.29 bits per heavy atom. The first-order valence-electron chi connectivity index (χ1n) is 5.72. The molecule has 1 unspecified atom stereocenters. The summed E-state index contributed by atoms with van der Waals surface area (Å²) in [6, 6.07) is 4.68. The molecule has 1 saturated heterocycles. The zero-order valence-electron chi connectivity index (χ0n) is 8.88. The van der Waals surface area contributed by atoms with Crippen molar-refractivity contribution in [1.82, 2.24) is 5.32 Å². The lowest BCUT2D eigenvalue weighted by Crippen LogP contribution is -2.19. The van der Waals surface area contributed by atoms with Gasteiger partial charge < -0.3 is 9.73 Å². The molecule has 1 fully saturated rings. The summed E-state index contributed by atoms with van der Waals surface area (Å²) < 4.78 is 5.77. The van der Waals surface area contributed by atoms with Crippen molar-refractivity contribution in [2.75, 3.05) is 6.54 Å². The predicted octanol–water partition coefficient (Wildman–Crippen LogP) is 3.05. The fourth-order valence-corrected chi connectivity index (χ4v) is 2.04. The molecule has 0 aromatic carbocycles. The van der Waals surface area contributed by atoms with E-state index < -0.39 is 0 Å². The van der Waals surface area contributed by atoms with E-state index in [0.717, 1.165) is 24.5 Å². The first-order chi connectivity index (χ1) is 6.90. The summed E-state index contributed by atoms with van der Waals surface area (Å²) in [6.45, 7) is 3.26. The van der Waals surface area contributed by atoms with Crippen LogP contribution in [-0.2, 0) is 6.42 Å². The average Bonchev–Trinajstić information content (AvgIpc) is 2.53. The van der Waals surface area contributed by atoms with Gasteiger partial charge in [0, 0.05) is 6.42 Å². The van der Waals surface area contributed by atoms with Gasteiger partial charge in [0.1, 0.15) is 11.5 Å². The topological polar surface area (TPSA) is 25.2 Å². The molecule has 1 aliphatic rings. The molecule has 0 aliphatic carbocycles. The normalized spacial score (nSPS) is 23.4. The predicted molar refractivity (Wildman–Crippen MR) is 57.3 cm³/mol. The van der Waals surface area contributed by atoms with Crippen molar-refractivity contribution in [3.63, 3.8) is 0 Å². The van der Waals surface area contributed by atoms with Crippen molar-refractivity contribution in [2.24, 2.45) is 0 Å². The zero-order chi connectivity index (χ0) is 9.80. The highest BCUT2D eigenvalue weighted by atomic mass is 16.3. The number of hydrogen-bond donors (Lipinski definition) is 1. The fraction of sp³-hybridized carbons (Fsp3) is 0.667. The van der Waals surface area contributed by atoms with Gasteiger partial charge in [-0.05, 0) is 31.5 Å². The molecule has 0 radical (unpaired) electrons. The van der Waals surface area contributed by atoms with Crippen molar-refractivity contribution in [3.8, 4) is 0 Å². The van der Waals surface area contributed by atoms with Gasteiger partial charge in [-0.15, -0.1) is 0 Å². The quantitative estimate of drug-likeness (QED) is 0.781. The zero-order valence-corrected chi connectivity index (χ0v) is 8.88. The largest absolute Gasteiger partial charge is 0.464 e. The minimum atomic E-state index is 0.456. The molecular formula is C12H19NO. The molecule has 2 heterocycles. The van der Waals surface area contributed by atoms with Crippen LogP contribution < -0.4 is 5.32 Å². The van der Waals surface area contributed by atoms with Crippen molar-refractivity contribution in [1.29, 1.82) is 0 Å². The van der Waals surface area contributed by atoms with Crippen molar-refractivity contribution in [3.05, 3.63) is 23.7 Å². The lowest BCUT2D eigenvalue weighted by atomic mass is 10.1. The van der Waals surface area contributed by atoms with E-state index in [0.29, 0.717) is 6.04 Å².